The number of nitrogens with one attached hydrogen (secondary N) is 1. The molecule has 8 heteroatoms. The molecule has 4 aromatic heterocycles. The van der Waals surface area contributed by atoms with Crippen molar-refractivity contribution >= 4 is 10.9 Å². The van der Waals surface area contributed by atoms with Gasteiger partial charge in [-0.3, -0.25) is 14.9 Å². The number of aromatic nitrogens is 5. The molecule has 0 radical (unpaired) electrons. The smallest absolute Gasteiger partial charge is 0.269 e. The highest BCUT2D eigenvalue weighted by atomic mass is 16.5. The lowest BCUT2D eigenvalue weighted by molar-refractivity contribution is 0.305. The minimum absolute atomic E-state index is 0.0991. The third kappa shape index (κ3) is 4.43. The molecule has 1 unspecified atom stereocenters. The first kappa shape index (κ1) is 24.9. The fraction of sp³-hybridized carbons (Fsp3) is 0.233. The van der Waals surface area contributed by atoms with Crippen LogP contribution in [0.15, 0.2) is 59.7 Å². The van der Waals surface area contributed by atoms with E-state index in [0.717, 1.165) is 55.9 Å². The molecule has 0 amide bonds. The minimum Gasteiger partial charge on any atom is -0.487 e. The summed E-state index contributed by atoms with van der Waals surface area (Å²) in [6, 6.07) is 14.8. The highest BCUT2D eigenvalue weighted by Crippen LogP contribution is 2.34. The molecule has 0 fully saturated rings. The lowest BCUT2D eigenvalue weighted by Gasteiger charge is -2.21. The largest absolute Gasteiger partial charge is 0.487 e. The van der Waals surface area contributed by atoms with Crippen LogP contribution in [0.4, 0.5) is 0 Å². The summed E-state index contributed by atoms with van der Waals surface area (Å²) in [4.78, 5) is 22.5. The molecule has 38 heavy (non-hydrogen) atoms. The lowest BCUT2D eigenvalue weighted by atomic mass is 10.0. The van der Waals surface area contributed by atoms with Crippen LogP contribution in [0.3, 0.4) is 0 Å². The molecule has 0 aliphatic carbocycles. The number of pyridine rings is 3. The van der Waals surface area contributed by atoms with Gasteiger partial charge in [-0.15, -0.1) is 0 Å². The molecule has 0 saturated carbocycles. The second-order valence-corrected chi connectivity index (χ2v) is 9.55. The number of aromatic amines is 1. The molecule has 0 saturated heterocycles. The molecule has 0 spiro atoms. The maximum atomic E-state index is 12.9. The second-order valence-electron chi connectivity index (χ2n) is 9.55. The Morgan fingerprint density at radius 3 is 2.58 bits per heavy atom. The van der Waals surface area contributed by atoms with E-state index in [1.165, 1.54) is 6.07 Å². The highest BCUT2D eigenvalue weighted by Gasteiger charge is 2.20. The Hall–Kier alpha value is -4.77. The van der Waals surface area contributed by atoms with Gasteiger partial charge in [0.05, 0.1) is 23.6 Å². The first-order valence-electron chi connectivity index (χ1n) is 12.4. The number of ether oxygens (including phenoxy) is 1. The van der Waals surface area contributed by atoms with E-state index in [1.54, 1.807) is 16.8 Å². The molecular formula is C30H28N6O2. The van der Waals surface area contributed by atoms with Gasteiger partial charge in [-0.25, -0.2) is 4.98 Å². The molecule has 190 valence electrons. The monoisotopic (exact) mass is 504 g/mol. The van der Waals surface area contributed by atoms with Crippen molar-refractivity contribution < 1.29 is 4.74 Å². The number of hydrogen-bond acceptors (Lipinski definition) is 6. The Morgan fingerprint density at radius 1 is 1.05 bits per heavy atom. The SMILES string of the molecule is Cc1cc(C)c(COc2cccc3c(-c4[nH]ncc4C)cc(C)nc23)c(C(C)n2cccc(C#N)c2=O)n1. The first-order valence-corrected chi connectivity index (χ1v) is 12.4. The number of aryl methyl sites for hydroxylation is 4. The number of nitriles is 1. The van der Waals surface area contributed by atoms with Crippen LogP contribution < -0.4 is 10.3 Å². The lowest BCUT2D eigenvalue weighted by Crippen LogP contribution is -2.27. The number of fused-ring (bicyclic) bond motifs is 1. The van der Waals surface area contributed by atoms with E-state index in [-0.39, 0.29) is 17.7 Å². The van der Waals surface area contributed by atoms with Crippen LogP contribution in [0.5, 0.6) is 5.75 Å². The number of hydrogen-bond donors (Lipinski definition) is 1. The molecule has 4 heterocycles. The summed E-state index contributed by atoms with van der Waals surface area (Å²) in [7, 11) is 0. The standard InChI is InChI=1S/C30H28N6O2/c1-17-12-19(3)33-28(21(5)36-11-7-8-22(14-31)30(36)37)25(17)16-38-26-10-6-9-23-24(13-20(4)34-29(23)26)27-18(2)15-32-35-27/h6-13,15,21H,16H2,1-5H3,(H,32,35). The van der Waals surface area contributed by atoms with Gasteiger partial charge in [-0.1, -0.05) is 12.1 Å². The molecule has 0 bridgehead atoms. The summed E-state index contributed by atoms with van der Waals surface area (Å²) in [5, 5.41) is 17.6. The van der Waals surface area contributed by atoms with Crippen LogP contribution in [0.25, 0.3) is 22.2 Å². The van der Waals surface area contributed by atoms with Gasteiger partial charge >= 0.3 is 0 Å². The van der Waals surface area contributed by atoms with Crippen molar-refractivity contribution in [2.75, 3.05) is 0 Å². The molecule has 5 aromatic rings. The third-order valence-electron chi connectivity index (χ3n) is 6.82. The average molecular weight is 505 g/mol. The van der Waals surface area contributed by atoms with Crippen molar-refractivity contribution in [2.45, 2.75) is 47.3 Å². The van der Waals surface area contributed by atoms with Crippen molar-refractivity contribution in [1.29, 1.82) is 5.26 Å². The van der Waals surface area contributed by atoms with E-state index in [4.69, 9.17) is 14.7 Å². The minimum atomic E-state index is -0.393. The van der Waals surface area contributed by atoms with Crippen LogP contribution in [0.1, 0.15) is 52.3 Å². The van der Waals surface area contributed by atoms with Gasteiger partial charge in [0.1, 0.15) is 29.5 Å². The van der Waals surface area contributed by atoms with Crippen molar-refractivity contribution in [1.82, 2.24) is 24.7 Å². The van der Waals surface area contributed by atoms with Crippen molar-refractivity contribution in [3.8, 4) is 23.1 Å². The zero-order valence-electron chi connectivity index (χ0n) is 22.0. The Morgan fingerprint density at radius 2 is 1.84 bits per heavy atom. The zero-order valence-corrected chi connectivity index (χ0v) is 22.0. The summed E-state index contributed by atoms with van der Waals surface area (Å²) >= 11 is 0. The average Bonchev–Trinajstić information content (AvgIpc) is 3.32. The van der Waals surface area contributed by atoms with Gasteiger partial charge in [-0.05, 0) is 76.1 Å². The number of nitrogens with zero attached hydrogens (tertiary/aromatic N) is 5. The highest BCUT2D eigenvalue weighted by molar-refractivity contribution is 5.97. The summed E-state index contributed by atoms with van der Waals surface area (Å²) < 4.78 is 7.96. The quantitative estimate of drug-likeness (QED) is 0.328. The summed E-state index contributed by atoms with van der Waals surface area (Å²) in [6.07, 6.45) is 3.50. The summed E-state index contributed by atoms with van der Waals surface area (Å²) in [5.41, 5.74) is 7.92. The van der Waals surface area contributed by atoms with Gasteiger partial charge in [-0.2, -0.15) is 10.4 Å². The maximum absolute atomic E-state index is 12.9. The maximum Gasteiger partial charge on any atom is 0.269 e. The zero-order chi connectivity index (χ0) is 27.0. The summed E-state index contributed by atoms with van der Waals surface area (Å²) in [6.45, 7) is 10.1. The van der Waals surface area contributed by atoms with Crippen LogP contribution >= 0.6 is 0 Å². The number of rotatable bonds is 6. The second kappa shape index (κ2) is 9.94. The molecule has 8 nitrogen and oxygen atoms in total. The predicted molar refractivity (Wildman–Crippen MR) is 146 cm³/mol. The van der Waals surface area contributed by atoms with Gasteiger partial charge in [0.25, 0.3) is 5.56 Å². The van der Waals surface area contributed by atoms with Crippen molar-refractivity contribution in [3.05, 3.63) is 105 Å². The van der Waals surface area contributed by atoms with Crippen LogP contribution in [0, 0.1) is 39.0 Å². The van der Waals surface area contributed by atoms with Crippen molar-refractivity contribution in [2.24, 2.45) is 0 Å². The third-order valence-corrected chi connectivity index (χ3v) is 6.82. The predicted octanol–water partition coefficient (Wildman–Crippen LogP) is 5.48. The first-order chi connectivity index (χ1) is 18.3. The molecule has 1 aromatic carbocycles. The Bertz CT molecular complexity index is 1780. The Kier molecular flexibility index (Phi) is 6.52. The van der Waals surface area contributed by atoms with Gasteiger partial charge in [0, 0.05) is 34.1 Å². The van der Waals surface area contributed by atoms with E-state index in [0.29, 0.717) is 5.75 Å². The number of H-pyrrole nitrogens is 1. The Balaban J connectivity index is 1.56. The fourth-order valence-corrected chi connectivity index (χ4v) is 4.90. The van der Waals surface area contributed by atoms with Crippen molar-refractivity contribution in [3.63, 3.8) is 0 Å². The van der Waals surface area contributed by atoms with Crippen LogP contribution in [-0.4, -0.2) is 24.7 Å². The van der Waals surface area contributed by atoms with E-state index >= 15 is 0 Å². The van der Waals surface area contributed by atoms with Gasteiger partial charge in [0.2, 0.25) is 0 Å². The van der Waals surface area contributed by atoms with Gasteiger partial charge < -0.3 is 9.30 Å². The van der Waals surface area contributed by atoms with E-state index in [9.17, 15) is 10.1 Å². The molecule has 0 aliphatic heterocycles. The van der Waals surface area contributed by atoms with E-state index < -0.39 is 6.04 Å². The summed E-state index contributed by atoms with van der Waals surface area (Å²) in [5.74, 6) is 0.659. The topological polar surface area (TPSA) is 109 Å². The van der Waals surface area contributed by atoms with E-state index in [1.807, 2.05) is 77.2 Å². The number of para-hydroxylation sites is 1. The fourth-order valence-electron chi connectivity index (χ4n) is 4.90. The molecular weight excluding hydrogens is 476 g/mol. The van der Waals surface area contributed by atoms with Gasteiger partial charge in [0.15, 0.2) is 0 Å². The normalized spacial score (nSPS) is 11.9. The molecule has 1 N–H and O–H groups in total. The van der Waals surface area contributed by atoms with Crippen LogP contribution in [-0.2, 0) is 6.61 Å². The van der Waals surface area contributed by atoms with E-state index in [2.05, 4.69) is 10.2 Å². The molecule has 1 atom stereocenters. The Labute approximate surface area is 220 Å². The van der Waals surface area contributed by atoms with Crippen LogP contribution in [0.2, 0.25) is 0 Å². The number of benzene rings is 1. The molecule has 0 aliphatic rings. The molecule has 5 rings (SSSR count).